The molecule has 1 aromatic rings. The number of para-hydroxylation sites is 1. The topological polar surface area (TPSA) is 34.2 Å². The number of hydrogen-bond acceptors (Lipinski definition) is 3. The van der Waals surface area contributed by atoms with Gasteiger partial charge in [0.25, 0.3) is 0 Å². The van der Waals surface area contributed by atoms with Crippen molar-refractivity contribution in [3.8, 4) is 0 Å². The van der Waals surface area contributed by atoms with Gasteiger partial charge in [-0.15, -0.1) is 0 Å². The summed E-state index contributed by atoms with van der Waals surface area (Å²) >= 11 is 2.01. The summed E-state index contributed by atoms with van der Waals surface area (Å²) in [5.74, 6) is 3.45. The molecule has 0 bridgehead atoms. The van der Waals surface area contributed by atoms with Crippen molar-refractivity contribution in [2.75, 3.05) is 38.7 Å². The third-order valence-electron chi connectivity index (χ3n) is 3.24. The number of hydrogen-bond donors (Lipinski definition) is 0. The van der Waals surface area contributed by atoms with E-state index in [4.69, 9.17) is 0 Å². The van der Waals surface area contributed by atoms with E-state index in [0.717, 1.165) is 30.4 Å². The van der Waals surface area contributed by atoms with Crippen molar-refractivity contribution in [2.45, 2.75) is 0 Å². The highest BCUT2D eigenvalue weighted by atomic mass is 32.2. The first-order valence-corrected chi connectivity index (χ1v) is 7.60. The standard InChI is InChI=1S/C13H18N5S/c1-16(2)13(17-7-9-19-10-8-17)18-12-6-4-3-5-11(12)14-15-18/h3-6H,7-10H2,1-2H3/q+1. The Kier molecular flexibility index (Phi) is 3.42. The lowest BCUT2D eigenvalue weighted by molar-refractivity contribution is -0.458. The average Bonchev–Trinajstić information content (AvgIpc) is 2.84. The van der Waals surface area contributed by atoms with E-state index in [9.17, 15) is 0 Å². The van der Waals surface area contributed by atoms with Gasteiger partial charge in [0.05, 0.1) is 13.1 Å². The lowest BCUT2D eigenvalue weighted by atomic mass is 10.3. The number of nitrogens with zero attached hydrogens (tertiary/aromatic N) is 5. The molecule has 2 heterocycles. The minimum atomic E-state index is 0.938. The Labute approximate surface area is 117 Å². The zero-order chi connectivity index (χ0) is 13.2. The number of rotatable bonds is 0. The maximum absolute atomic E-state index is 4.33. The van der Waals surface area contributed by atoms with E-state index in [1.54, 1.807) is 0 Å². The number of guanidine groups is 1. The molecule has 1 aromatic carbocycles. The average molecular weight is 276 g/mol. The van der Waals surface area contributed by atoms with Crippen LogP contribution in [0.1, 0.15) is 0 Å². The molecule has 19 heavy (non-hydrogen) atoms. The first-order chi connectivity index (χ1) is 9.27. The maximum atomic E-state index is 4.33. The van der Waals surface area contributed by atoms with Crippen LogP contribution >= 0.6 is 11.8 Å². The van der Waals surface area contributed by atoms with E-state index in [2.05, 4.69) is 40.3 Å². The van der Waals surface area contributed by atoms with Crippen LogP contribution in [0.2, 0.25) is 0 Å². The molecule has 0 saturated carbocycles. The van der Waals surface area contributed by atoms with Gasteiger partial charge >= 0.3 is 5.96 Å². The van der Waals surface area contributed by atoms with Gasteiger partial charge in [-0.2, -0.15) is 11.8 Å². The van der Waals surface area contributed by atoms with E-state index in [1.165, 1.54) is 11.5 Å². The summed E-state index contributed by atoms with van der Waals surface area (Å²) in [6.45, 7) is 2.12. The summed E-state index contributed by atoms with van der Waals surface area (Å²) in [6, 6.07) is 8.09. The molecular formula is C13H18N5S+. The Balaban J connectivity index is 2.04. The Morgan fingerprint density at radius 2 is 2.00 bits per heavy atom. The molecular weight excluding hydrogens is 258 g/mol. The molecule has 100 valence electrons. The van der Waals surface area contributed by atoms with Crippen molar-refractivity contribution in [2.24, 2.45) is 10.3 Å². The van der Waals surface area contributed by atoms with Gasteiger partial charge in [-0.3, -0.25) is 9.80 Å². The Morgan fingerprint density at radius 1 is 1.26 bits per heavy atom. The van der Waals surface area contributed by atoms with Crippen LogP contribution in [-0.4, -0.2) is 59.1 Å². The van der Waals surface area contributed by atoms with E-state index < -0.39 is 0 Å². The van der Waals surface area contributed by atoms with Crippen LogP contribution in [0, 0.1) is 0 Å². The van der Waals surface area contributed by atoms with Gasteiger partial charge in [-0.1, -0.05) is 16.8 Å². The quantitative estimate of drug-likeness (QED) is 0.539. The zero-order valence-electron chi connectivity index (χ0n) is 11.3. The lowest BCUT2D eigenvalue weighted by Gasteiger charge is -2.28. The Bertz CT molecular complexity index is 532. The van der Waals surface area contributed by atoms with Crippen molar-refractivity contribution < 1.29 is 4.68 Å². The fraction of sp³-hybridized carbons (Fsp3) is 0.462. The molecule has 0 spiro atoms. The molecule has 0 aliphatic carbocycles. The van der Waals surface area contributed by atoms with Crippen molar-refractivity contribution in [3.63, 3.8) is 0 Å². The van der Waals surface area contributed by atoms with Crippen LogP contribution < -0.4 is 0 Å². The molecule has 0 unspecified atom stereocenters. The predicted octanol–water partition coefficient (Wildman–Crippen LogP) is 2.31. The molecule has 0 N–H and O–H groups in total. The van der Waals surface area contributed by atoms with Gasteiger partial charge in [-0.25, -0.2) is 0 Å². The van der Waals surface area contributed by atoms with Crippen LogP contribution in [-0.2, 0) is 0 Å². The SMILES string of the molecule is CN(C)C(N1CCSCC1)=[N+]1N=Nc2ccccc21. The predicted molar refractivity (Wildman–Crippen MR) is 78.5 cm³/mol. The second-order valence-corrected chi connectivity index (χ2v) is 6.01. The summed E-state index contributed by atoms with van der Waals surface area (Å²) in [5.41, 5.74) is 2.00. The Hall–Kier alpha value is -1.56. The van der Waals surface area contributed by atoms with Crippen molar-refractivity contribution in [1.82, 2.24) is 9.80 Å². The summed E-state index contributed by atoms with van der Waals surface area (Å²) in [5, 5.41) is 8.58. The van der Waals surface area contributed by atoms with Gasteiger partial charge in [0.1, 0.15) is 0 Å². The molecule has 2 aliphatic rings. The molecule has 1 fully saturated rings. The van der Waals surface area contributed by atoms with E-state index in [1.807, 2.05) is 34.6 Å². The normalized spacial score (nSPS) is 20.4. The molecule has 0 radical (unpaired) electrons. The number of thioether (sulfide) groups is 1. The first-order valence-electron chi connectivity index (χ1n) is 6.45. The number of benzene rings is 1. The largest absolute Gasteiger partial charge is 0.338 e. The molecule has 0 aromatic heterocycles. The summed E-state index contributed by atoms with van der Waals surface area (Å²) < 4.78 is 1.95. The van der Waals surface area contributed by atoms with E-state index >= 15 is 0 Å². The van der Waals surface area contributed by atoms with Crippen LogP contribution in [0.25, 0.3) is 0 Å². The van der Waals surface area contributed by atoms with Crippen LogP contribution in [0.5, 0.6) is 0 Å². The van der Waals surface area contributed by atoms with Crippen LogP contribution in [0.4, 0.5) is 11.4 Å². The van der Waals surface area contributed by atoms with Crippen molar-refractivity contribution in [1.29, 1.82) is 0 Å². The highest BCUT2D eigenvalue weighted by Crippen LogP contribution is 2.33. The van der Waals surface area contributed by atoms with Gasteiger partial charge in [0, 0.05) is 30.8 Å². The van der Waals surface area contributed by atoms with Gasteiger partial charge < -0.3 is 0 Å². The lowest BCUT2D eigenvalue weighted by Crippen LogP contribution is -2.48. The van der Waals surface area contributed by atoms with Crippen LogP contribution in [0.15, 0.2) is 34.6 Å². The van der Waals surface area contributed by atoms with Gasteiger partial charge in [-0.05, 0) is 17.2 Å². The first kappa shape index (κ1) is 12.5. The fourth-order valence-electron chi connectivity index (χ4n) is 2.39. The van der Waals surface area contributed by atoms with Crippen LogP contribution in [0.3, 0.4) is 0 Å². The summed E-state index contributed by atoms with van der Waals surface area (Å²) in [7, 11) is 4.13. The molecule has 0 amide bonds. The van der Waals surface area contributed by atoms with E-state index in [0.29, 0.717) is 0 Å². The molecule has 3 rings (SSSR count). The monoisotopic (exact) mass is 276 g/mol. The molecule has 2 aliphatic heterocycles. The zero-order valence-corrected chi connectivity index (χ0v) is 12.1. The minimum Gasteiger partial charge on any atom is -0.288 e. The van der Waals surface area contributed by atoms with Crippen molar-refractivity contribution >= 4 is 29.1 Å². The molecule has 5 nitrogen and oxygen atoms in total. The maximum Gasteiger partial charge on any atom is 0.338 e. The molecule has 0 atom stereocenters. The third kappa shape index (κ3) is 2.32. The van der Waals surface area contributed by atoms with Crippen molar-refractivity contribution in [3.05, 3.63) is 24.3 Å². The fourth-order valence-corrected chi connectivity index (χ4v) is 3.29. The number of fused-ring (bicyclic) bond motifs is 1. The second kappa shape index (κ2) is 5.21. The Morgan fingerprint density at radius 3 is 2.74 bits per heavy atom. The van der Waals surface area contributed by atoms with E-state index in [-0.39, 0.29) is 0 Å². The molecule has 1 saturated heterocycles. The third-order valence-corrected chi connectivity index (χ3v) is 4.18. The molecule has 6 heteroatoms. The summed E-state index contributed by atoms with van der Waals surface area (Å²) in [6.07, 6.45) is 0. The second-order valence-electron chi connectivity index (χ2n) is 4.78. The van der Waals surface area contributed by atoms with Gasteiger partial charge in [0.15, 0.2) is 11.4 Å². The minimum absolute atomic E-state index is 0.938. The smallest absolute Gasteiger partial charge is 0.288 e. The van der Waals surface area contributed by atoms with Gasteiger partial charge in [0.2, 0.25) is 0 Å². The highest BCUT2D eigenvalue weighted by molar-refractivity contribution is 7.99. The highest BCUT2D eigenvalue weighted by Gasteiger charge is 2.30. The summed E-state index contributed by atoms with van der Waals surface area (Å²) in [4.78, 5) is 4.51.